The van der Waals surface area contributed by atoms with Crippen LogP contribution in [0.4, 0.5) is 0 Å². The van der Waals surface area contributed by atoms with Gasteiger partial charge in [0.05, 0.1) is 37.4 Å². The first kappa shape index (κ1) is 21.2. The number of fused-ring (bicyclic) bond motifs is 1. The average Bonchev–Trinajstić information content (AvgIpc) is 2.69. The minimum Gasteiger partial charge on any atom is -0.379 e. The Morgan fingerprint density at radius 2 is 1.71 bits per heavy atom. The van der Waals surface area contributed by atoms with Crippen LogP contribution in [-0.2, 0) is 24.2 Å². The lowest BCUT2D eigenvalue weighted by atomic mass is 10.1. The zero-order valence-electron chi connectivity index (χ0n) is 16.4. The summed E-state index contributed by atoms with van der Waals surface area (Å²) in [6.07, 6.45) is 7.66. The molecule has 0 radical (unpaired) electrons. The maximum Gasteiger partial charge on any atom is 0.243 e. The molecule has 6 nitrogen and oxygen atoms in total. The predicted octanol–water partition coefficient (Wildman–Crippen LogP) is 2.69. The molecule has 0 amide bonds. The van der Waals surface area contributed by atoms with Gasteiger partial charge in [-0.2, -0.15) is 4.31 Å². The number of ether oxygens (including phenoxy) is 3. The Balaban J connectivity index is 1.74. The summed E-state index contributed by atoms with van der Waals surface area (Å²) in [6.45, 7) is 5.30. The molecular weight excluding hydrogens is 378 g/mol. The second kappa shape index (κ2) is 10.3. The van der Waals surface area contributed by atoms with E-state index in [0.717, 1.165) is 30.6 Å². The zero-order chi connectivity index (χ0) is 19.8. The fourth-order valence-corrected chi connectivity index (χ4v) is 4.56. The van der Waals surface area contributed by atoms with Crippen LogP contribution in [0.25, 0.3) is 0 Å². The van der Waals surface area contributed by atoms with Gasteiger partial charge in [-0.15, -0.1) is 0 Å². The van der Waals surface area contributed by atoms with Gasteiger partial charge < -0.3 is 14.2 Å². The maximum absolute atomic E-state index is 13.0. The van der Waals surface area contributed by atoms with E-state index in [4.69, 9.17) is 14.2 Å². The Kier molecular flexibility index (Phi) is 7.82. The SMILES string of the molecule is Cc1ccc(S(=O)(=O)N2CC=C3/C=C/CCCOCCOCCOC3C2)cc1. The Hall–Kier alpha value is -1.51. The quantitative estimate of drug-likeness (QED) is 0.754. The van der Waals surface area contributed by atoms with Crippen LogP contribution >= 0.6 is 0 Å². The van der Waals surface area contributed by atoms with Crippen LogP contribution in [-0.4, -0.2) is 65.0 Å². The van der Waals surface area contributed by atoms with Crippen molar-refractivity contribution < 1.29 is 22.6 Å². The standard InChI is InChI=1S/C21H29NO5S/c1-18-6-8-20(9-7-18)28(23,24)22-11-10-19-5-3-2-4-12-25-13-14-26-15-16-27-21(19)17-22/h3,5-10,21H,2,4,11-17H2,1H3/b5-3+. The van der Waals surface area contributed by atoms with Crippen molar-refractivity contribution in [2.75, 3.05) is 46.1 Å². The van der Waals surface area contributed by atoms with Gasteiger partial charge in [-0.05, 0) is 37.5 Å². The first-order chi connectivity index (χ1) is 13.6. The van der Waals surface area contributed by atoms with E-state index in [1.54, 1.807) is 12.1 Å². The normalized spacial score (nSPS) is 24.6. The van der Waals surface area contributed by atoms with Crippen LogP contribution in [0.2, 0.25) is 0 Å². The monoisotopic (exact) mass is 407 g/mol. The van der Waals surface area contributed by atoms with Crippen molar-refractivity contribution in [2.24, 2.45) is 0 Å². The zero-order valence-corrected chi connectivity index (χ0v) is 17.2. The third-order valence-corrected chi connectivity index (χ3v) is 6.66. The van der Waals surface area contributed by atoms with E-state index in [1.165, 1.54) is 4.31 Å². The van der Waals surface area contributed by atoms with E-state index >= 15 is 0 Å². The van der Waals surface area contributed by atoms with Crippen molar-refractivity contribution in [1.82, 2.24) is 4.31 Å². The molecule has 7 heteroatoms. The number of aryl methyl sites for hydroxylation is 1. The lowest BCUT2D eigenvalue weighted by Gasteiger charge is -2.31. The largest absolute Gasteiger partial charge is 0.379 e. The van der Waals surface area contributed by atoms with Crippen molar-refractivity contribution >= 4 is 10.0 Å². The molecule has 0 N–H and O–H groups in total. The molecule has 154 valence electrons. The van der Waals surface area contributed by atoms with Crippen LogP contribution in [0, 0.1) is 6.92 Å². The molecule has 28 heavy (non-hydrogen) atoms. The summed E-state index contributed by atoms with van der Waals surface area (Å²) >= 11 is 0. The fourth-order valence-electron chi connectivity index (χ4n) is 3.18. The van der Waals surface area contributed by atoms with Crippen LogP contribution in [0.1, 0.15) is 18.4 Å². The Bertz CT molecular complexity index is 786. The molecule has 1 atom stereocenters. The summed E-state index contributed by atoms with van der Waals surface area (Å²) in [4.78, 5) is 0.315. The van der Waals surface area contributed by atoms with Gasteiger partial charge in [0.2, 0.25) is 10.0 Å². The highest BCUT2D eigenvalue weighted by atomic mass is 32.2. The minimum atomic E-state index is -3.55. The van der Waals surface area contributed by atoms with E-state index in [9.17, 15) is 8.42 Å². The topological polar surface area (TPSA) is 65.1 Å². The van der Waals surface area contributed by atoms with E-state index in [2.05, 4.69) is 6.08 Å². The lowest BCUT2D eigenvalue weighted by molar-refractivity contribution is -0.00618. The van der Waals surface area contributed by atoms with Gasteiger partial charge in [-0.3, -0.25) is 0 Å². The number of allylic oxidation sites excluding steroid dienone is 1. The summed E-state index contributed by atoms with van der Waals surface area (Å²) in [5, 5.41) is 0. The van der Waals surface area contributed by atoms with Crippen LogP contribution in [0.5, 0.6) is 0 Å². The maximum atomic E-state index is 13.0. The molecule has 3 rings (SSSR count). The first-order valence-electron chi connectivity index (χ1n) is 9.78. The second-order valence-electron chi connectivity index (χ2n) is 6.97. The Morgan fingerprint density at radius 1 is 1.00 bits per heavy atom. The molecule has 0 saturated heterocycles. The van der Waals surface area contributed by atoms with Gasteiger partial charge in [-0.1, -0.05) is 35.9 Å². The summed E-state index contributed by atoms with van der Waals surface area (Å²) in [7, 11) is -3.55. The molecular formula is C21H29NO5S. The fraction of sp³-hybridized carbons (Fsp3) is 0.524. The Labute approximate surface area is 167 Å². The molecule has 0 bridgehead atoms. The van der Waals surface area contributed by atoms with Gasteiger partial charge in [0.15, 0.2) is 0 Å². The first-order valence-corrected chi connectivity index (χ1v) is 11.2. The molecule has 0 aliphatic carbocycles. The minimum absolute atomic E-state index is 0.298. The number of nitrogens with zero attached hydrogens (tertiary/aromatic N) is 1. The third-order valence-electron chi connectivity index (χ3n) is 4.82. The molecule has 1 aromatic carbocycles. The van der Waals surface area contributed by atoms with Crippen LogP contribution in [0.15, 0.2) is 53.0 Å². The molecule has 0 aromatic heterocycles. The molecule has 2 aliphatic rings. The average molecular weight is 408 g/mol. The molecule has 2 aliphatic heterocycles. The smallest absolute Gasteiger partial charge is 0.243 e. The van der Waals surface area contributed by atoms with Crippen molar-refractivity contribution in [3.63, 3.8) is 0 Å². The van der Waals surface area contributed by atoms with Gasteiger partial charge in [-0.25, -0.2) is 8.42 Å². The summed E-state index contributed by atoms with van der Waals surface area (Å²) in [6, 6.07) is 6.96. The van der Waals surface area contributed by atoms with Crippen LogP contribution in [0.3, 0.4) is 0 Å². The molecule has 0 fully saturated rings. The molecule has 1 aromatic rings. The number of benzene rings is 1. The van der Waals surface area contributed by atoms with Gasteiger partial charge in [0.1, 0.15) is 0 Å². The molecule has 1 unspecified atom stereocenters. The molecule has 2 heterocycles. The van der Waals surface area contributed by atoms with E-state index in [0.29, 0.717) is 44.4 Å². The van der Waals surface area contributed by atoms with Crippen molar-refractivity contribution in [3.8, 4) is 0 Å². The lowest BCUT2D eigenvalue weighted by Crippen LogP contribution is -2.42. The van der Waals surface area contributed by atoms with Crippen molar-refractivity contribution in [3.05, 3.63) is 53.6 Å². The number of hydrogen-bond acceptors (Lipinski definition) is 5. The highest BCUT2D eigenvalue weighted by Crippen LogP contribution is 2.23. The van der Waals surface area contributed by atoms with E-state index < -0.39 is 10.0 Å². The van der Waals surface area contributed by atoms with E-state index in [-0.39, 0.29) is 6.10 Å². The number of rotatable bonds is 2. The Morgan fingerprint density at radius 3 is 2.50 bits per heavy atom. The van der Waals surface area contributed by atoms with Crippen molar-refractivity contribution in [2.45, 2.75) is 30.8 Å². The van der Waals surface area contributed by atoms with Gasteiger partial charge >= 0.3 is 0 Å². The molecule has 0 saturated carbocycles. The highest BCUT2D eigenvalue weighted by molar-refractivity contribution is 7.89. The van der Waals surface area contributed by atoms with Gasteiger partial charge in [0.25, 0.3) is 0 Å². The second-order valence-corrected chi connectivity index (χ2v) is 8.91. The van der Waals surface area contributed by atoms with Gasteiger partial charge in [0, 0.05) is 19.7 Å². The third kappa shape index (κ3) is 5.75. The van der Waals surface area contributed by atoms with Crippen LogP contribution < -0.4 is 0 Å². The summed E-state index contributed by atoms with van der Waals surface area (Å²) in [5.41, 5.74) is 2.05. The number of sulfonamides is 1. The highest BCUT2D eigenvalue weighted by Gasteiger charge is 2.31. The predicted molar refractivity (Wildman–Crippen MR) is 108 cm³/mol. The number of hydrogen-bond donors (Lipinski definition) is 0. The summed E-state index contributed by atoms with van der Waals surface area (Å²) in [5.74, 6) is 0. The van der Waals surface area contributed by atoms with Crippen molar-refractivity contribution in [1.29, 1.82) is 0 Å². The summed E-state index contributed by atoms with van der Waals surface area (Å²) < 4.78 is 44.5. The molecule has 0 spiro atoms. The van der Waals surface area contributed by atoms with E-state index in [1.807, 2.05) is 31.2 Å².